The normalized spacial score (nSPS) is 11.1. The molecule has 7 heteroatoms. The van der Waals surface area contributed by atoms with Crippen molar-refractivity contribution in [1.29, 1.82) is 0 Å². The van der Waals surface area contributed by atoms with Crippen molar-refractivity contribution in [1.82, 2.24) is 5.32 Å². The Hall–Kier alpha value is -1.50. The molecule has 0 aromatic heterocycles. The van der Waals surface area contributed by atoms with E-state index in [2.05, 4.69) is 26.6 Å². The minimum Gasteiger partial charge on any atom is -0.444 e. The number of carbonyl (C=O) groups excluding carboxylic acids is 1. The van der Waals surface area contributed by atoms with Gasteiger partial charge in [-0.3, -0.25) is 0 Å². The highest BCUT2D eigenvalue weighted by molar-refractivity contribution is 9.10. The average molecular weight is 362 g/mol. The third-order valence-corrected chi connectivity index (χ3v) is 3.04. The van der Waals surface area contributed by atoms with Crippen LogP contribution in [-0.4, -0.2) is 24.8 Å². The molecule has 0 aliphatic heterocycles. The number of amides is 1. The summed E-state index contributed by atoms with van der Waals surface area (Å²) >= 11 is 3.07. The molecule has 1 amide bonds. The van der Waals surface area contributed by atoms with Gasteiger partial charge in [0.2, 0.25) is 0 Å². The Bertz CT molecular complexity index is 504. The van der Waals surface area contributed by atoms with E-state index in [0.717, 1.165) is 0 Å². The molecular formula is C14H21BrFN3O2. The Morgan fingerprint density at radius 3 is 2.67 bits per heavy atom. The van der Waals surface area contributed by atoms with Crippen LogP contribution in [0.25, 0.3) is 0 Å². The van der Waals surface area contributed by atoms with E-state index < -0.39 is 11.7 Å². The van der Waals surface area contributed by atoms with Crippen LogP contribution < -0.4 is 16.4 Å². The van der Waals surface area contributed by atoms with E-state index in [4.69, 9.17) is 10.5 Å². The zero-order valence-corrected chi connectivity index (χ0v) is 14.0. The highest BCUT2D eigenvalue weighted by Crippen LogP contribution is 2.26. The second kappa shape index (κ2) is 7.49. The van der Waals surface area contributed by atoms with Crippen molar-refractivity contribution < 1.29 is 13.9 Å². The molecular weight excluding hydrogens is 341 g/mol. The monoisotopic (exact) mass is 361 g/mol. The molecule has 0 heterocycles. The van der Waals surface area contributed by atoms with E-state index in [1.807, 2.05) is 0 Å². The van der Waals surface area contributed by atoms with E-state index in [1.54, 1.807) is 20.8 Å². The lowest BCUT2D eigenvalue weighted by Crippen LogP contribution is -2.33. The van der Waals surface area contributed by atoms with Gasteiger partial charge in [-0.25, -0.2) is 9.18 Å². The zero-order chi connectivity index (χ0) is 16.0. The first-order valence-corrected chi connectivity index (χ1v) is 7.43. The van der Waals surface area contributed by atoms with Crippen LogP contribution in [0, 0.1) is 5.82 Å². The Morgan fingerprint density at radius 1 is 1.38 bits per heavy atom. The van der Waals surface area contributed by atoms with E-state index in [1.165, 1.54) is 12.1 Å². The quantitative estimate of drug-likeness (QED) is 0.554. The van der Waals surface area contributed by atoms with Gasteiger partial charge in [0, 0.05) is 19.2 Å². The second-order valence-corrected chi connectivity index (χ2v) is 6.42. The summed E-state index contributed by atoms with van der Waals surface area (Å²) in [6.07, 6.45) is 0.216. The molecule has 1 aromatic rings. The molecule has 0 aliphatic rings. The molecule has 4 N–H and O–H groups in total. The first-order chi connectivity index (χ1) is 9.69. The molecule has 1 rings (SSSR count). The van der Waals surface area contributed by atoms with Crippen molar-refractivity contribution in [3.63, 3.8) is 0 Å². The molecule has 0 bridgehead atoms. The molecule has 1 aromatic carbocycles. The van der Waals surface area contributed by atoms with E-state index in [9.17, 15) is 9.18 Å². The third kappa shape index (κ3) is 6.66. The van der Waals surface area contributed by atoms with Crippen molar-refractivity contribution >= 4 is 33.4 Å². The van der Waals surface area contributed by atoms with Gasteiger partial charge in [-0.05, 0) is 49.2 Å². The SMILES string of the molecule is CC(C)(C)OC(=O)NCCCNc1cc(F)c(Br)cc1N. The highest BCUT2D eigenvalue weighted by Gasteiger charge is 2.15. The number of nitrogens with one attached hydrogen (secondary N) is 2. The standard InChI is InChI=1S/C14H21BrFN3O2/c1-14(2,3)21-13(20)19-6-4-5-18-12-8-10(16)9(15)7-11(12)17/h7-8,18H,4-6,17H2,1-3H3,(H,19,20). The lowest BCUT2D eigenvalue weighted by molar-refractivity contribution is 0.0528. The number of halogens is 2. The van der Waals surface area contributed by atoms with Crippen LogP contribution in [0.1, 0.15) is 27.2 Å². The van der Waals surface area contributed by atoms with Crippen LogP contribution in [0.5, 0.6) is 0 Å². The molecule has 118 valence electrons. The molecule has 5 nitrogen and oxygen atoms in total. The van der Waals surface area contributed by atoms with Crippen LogP contribution in [0.4, 0.5) is 20.6 Å². The van der Waals surface area contributed by atoms with Gasteiger partial charge in [-0.1, -0.05) is 0 Å². The van der Waals surface area contributed by atoms with Crippen LogP contribution >= 0.6 is 15.9 Å². The molecule has 0 spiro atoms. The summed E-state index contributed by atoms with van der Waals surface area (Å²) < 4.78 is 18.8. The summed E-state index contributed by atoms with van der Waals surface area (Å²) in [5.74, 6) is -0.376. The third-order valence-electron chi connectivity index (χ3n) is 2.43. The van der Waals surface area contributed by atoms with E-state index in [-0.39, 0.29) is 5.82 Å². The first kappa shape index (κ1) is 17.6. The first-order valence-electron chi connectivity index (χ1n) is 6.64. The summed E-state index contributed by atoms with van der Waals surface area (Å²) in [7, 11) is 0. The Kier molecular flexibility index (Phi) is 6.26. The number of rotatable bonds is 5. The fraction of sp³-hybridized carbons (Fsp3) is 0.500. The molecule has 0 aliphatic carbocycles. The van der Waals surface area contributed by atoms with Crippen molar-refractivity contribution in [3.05, 3.63) is 22.4 Å². The van der Waals surface area contributed by atoms with Gasteiger partial charge < -0.3 is 21.1 Å². The smallest absolute Gasteiger partial charge is 0.407 e. The topological polar surface area (TPSA) is 76.4 Å². The number of ether oxygens (including phenoxy) is 1. The fourth-order valence-corrected chi connectivity index (χ4v) is 1.89. The second-order valence-electron chi connectivity index (χ2n) is 5.56. The Balaban J connectivity index is 2.29. The highest BCUT2D eigenvalue weighted by atomic mass is 79.9. The average Bonchev–Trinajstić information content (AvgIpc) is 2.32. The molecule has 0 unspecified atom stereocenters. The van der Waals surface area contributed by atoms with Gasteiger partial charge in [0.1, 0.15) is 11.4 Å². The van der Waals surface area contributed by atoms with Crippen LogP contribution in [-0.2, 0) is 4.74 Å². The summed E-state index contributed by atoms with van der Waals surface area (Å²) in [5.41, 5.74) is 6.26. The minimum atomic E-state index is -0.508. The maximum absolute atomic E-state index is 13.4. The molecule has 0 atom stereocenters. The lowest BCUT2D eigenvalue weighted by atomic mass is 10.2. The number of carbonyl (C=O) groups is 1. The molecule has 21 heavy (non-hydrogen) atoms. The van der Waals surface area contributed by atoms with Gasteiger partial charge in [0.25, 0.3) is 0 Å². The number of anilines is 2. The lowest BCUT2D eigenvalue weighted by Gasteiger charge is -2.19. The summed E-state index contributed by atoms with van der Waals surface area (Å²) in [6.45, 7) is 6.43. The number of hydrogen-bond acceptors (Lipinski definition) is 4. The van der Waals surface area contributed by atoms with Crippen molar-refractivity contribution in [3.8, 4) is 0 Å². The maximum Gasteiger partial charge on any atom is 0.407 e. The number of nitrogens with two attached hydrogens (primary N) is 1. The van der Waals surface area contributed by atoms with Crippen molar-refractivity contribution in [2.24, 2.45) is 0 Å². The van der Waals surface area contributed by atoms with Gasteiger partial charge in [0.15, 0.2) is 0 Å². The molecule has 0 fully saturated rings. The predicted molar refractivity (Wildman–Crippen MR) is 85.9 cm³/mol. The Morgan fingerprint density at radius 2 is 2.05 bits per heavy atom. The van der Waals surface area contributed by atoms with Crippen molar-refractivity contribution in [2.75, 3.05) is 24.1 Å². The van der Waals surface area contributed by atoms with Gasteiger partial charge >= 0.3 is 6.09 Å². The number of nitrogen functional groups attached to an aromatic ring is 1. The molecule has 0 saturated heterocycles. The largest absolute Gasteiger partial charge is 0.444 e. The molecule has 0 radical (unpaired) electrons. The number of alkyl carbamates (subject to hydrolysis) is 1. The van der Waals surface area contributed by atoms with Crippen LogP contribution in [0.2, 0.25) is 0 Å². The number of hydrogen-bond donors (Lipinski definition) is 3. The molecule has 0 saturated carbocycles. The van der Waals surface area contributed by atoms with Gasteiger partial charge in [-0.2, -0.15) is 0 Å². The summed E-state index contributed by atoms with van der Waals surface area (Å²) in [5, 5.41) is 5.67. The van der Waals surface area contributed by atoms with E-state index in [0.29, 0.717) is 35.4 Å². The predicted octanol–water partition coefficient (Wildman–Crippen LogP) is 3.50. The van der Waals surface area contributed by atoms with Crippen LogP contribution in [0.3, 0.4) is 0 Å². The van der Waals surface area contributed by atoms with E-state index >= 15 is 0 Å². The maximum atomic E-state index is 13.4. The fourth-order valence-electron chi connectivity index (χ4n) is 1.53. The van der Waals surface area contributed by atoms with Gasteiger partial charge in [0.05, 0.1) is 15.8 Å². The van der Waals surface area contributed by atoms with Gasteiger partial charge in [-0.15, -0.1) is 0 Å². The Labute approximate surface area is 132 Å². The van der Waals surface area contributed by atoms with Crippen molar-refractivity contribution in [2.45, 2.75) is 32.8 Å². The van der Waals surface area contributed by atoms with Crippen LogP contribution in [0.15, 0.2) is 16.6 Å². The summed E-state index contributed by atoms with van der Waals surface area (Å²) in [4.78, 5) is 11.4. The summed E-state index contributed by atoms with van der Waals surface area (Å²) in [6, 6.07) is 2.84. The minimum absolute atomic E-state index is 0.331. The zero-order valence-electron chi connectivity index (χ0n) is 12.4. The number of benzene rings is 1.